The van der Waals surface area contributed by atoms with Crippen LogP contribution in [0.2, 0.25) is 0 Å². The number of urea groups is 1. The molecule has 0 atom stereocenters. The molecule has 0 rings (SSSR count). The third-order valence-electron chi connectivity index (χ3n) is 2.92. The SMILES string of the molecule is CCCCCCNC(=O)NCCCC(OCC)OCC. The molecule has 0 aliphatic heterocycles. The lowest BCUT2D eigenvalue weighted by molar-refractivity contribution is -0.139. The molecule has 0 spiro atoms. The summed E-state index contributed by atoms with van der Waals surface area (Å²) in [7, 11) is 0. The molecule has 0 bridgehead atoms. The van der Waals surface area contributed by atoms with Crippen LogP contribution in [0, 0.1) is 0 Å². The topological polar surface area (TPSA) is 59.6 Å². The van der Waals surface area contributed by atoms with Gasteiger partial charge in [-0.3, -0.25) is 0 Å². The van der Waals surface area contributed by atoms with E-state index in [1.807, 2.05) is 13.8 Å². The summed E-state index contributed by atoms with van der Waals surface area (Å²) in [5, 5.41) is 5.72. The molecule has 120 valence electrons. The van der Waals surface area contributed by atoms with E-state index in [0.29, 0.717) is 19.8 Å². The normalized spacial score (nSPS) is 10.8. The van der Waals surface area contributed by atoms with Crippen LogP contribution in [0.1, 0.15) is 59.3 Å². The summed E-state index contributed by atoms with van der Waals surface area (Å²) in [6, 6.07) is -0.0779. The molecule has 5 heteroatoms. The summed E-state index contributed by atoms with van der Waals surface area (Å²) in [5.41, 5.74) is 0. The number of ether oxygens (including phenoxy) is 2. The predicted molar refractivity (Wildman–Crippen MR) is 81.8 cm³/mol. The van der Waals surface area contributed by atoms with Gasteiger partial charge in [0.15, 0.2) is 6.29 Å². The van der Waals surface area contributed by atoms with Gasteiger partial charge >= 0.3 is 6.03 Å². The van der Waals surface area contributed by atoms with E-state index in [0.717, 1.165) is 25.8 Å². The van der Waals surface area contributed by atoms with Gasteiger partial charge in [0, 0.05) is 32.7 Å². The van der Waals surface area contributed by atoms with Crippen LogP contribution in [0.4, 0.5) is 4.79 Å². The number of amides is 2. The van der Waals surface area contributed by atoms with Gasteiger partial charge < -0.3 is 20.1 Å². The number of hydrogen-bond acceptors (Lipinski definition) is 3. The zero-order valence-electron chi connectivity index (χ0n) is 13.4. The second kappa shape index (κ2) is 14.6. The Kier molecular flexibility index (Phi) is 14.0. The van der Waals surface area contributed by atoms with Crippen LogP contribution < -0.4 is 10.6 Å². The molecule has 0 radical (unpaired) electrons. The van der Waals surface area contributed by atoms with Gasteiger partial charge in [-0.15, -0.1) is 0 Å². The van der Waals surface area contributed by atoms with Crippen LogP contribution in [0.15, 0.2) is 0 Å². The summed E-state index contributed by atoms with van der Waals surface area (Å²) >= 11 is 0. The van der Waals surface area contributed by atoms with Crippen molar-refractivity contribution in [2.24, 2.45) is 0 Å². The first-order chi connectivity index (χ1) is 9.74. The standard InChI is InChI=1S/C15H32N2O3/c1-4-7-8-9-12-16-15(18)17-13-10-11-14(19-5-2)20-6-3/h14H,4-13H2,1-3H3,(H2,16,17,18). The molecule has 0 unspecified atom stereocenters. The van der Waals surface area contributed by atoms with E-state index in [-0.39, 0.29) is 12.3 Å². The Hall–Kier alpha value is -0.810. The largest absolute Gasteiger partial charge is 0.353 e. The van der Waals surface area contributed by atoms with Crippen molar-refractivity contribution in [3.05, 3.63) is 0 Å². The molecule has 0 aromatic carbocycles. The van der Waals surface area contributed by atoms with Crippen LogP contribution in [0.3, 0.4) is 0 Å². The molecule has 2 amide bonds. The van der Waals surface area contributed by atoms with Gasteiger partial charge in [0.1, 0.15) is 0 Å². The van der Waals surface area contributed by atoms with Gasteiger partial charge in [0.2, 0.25) is 0 Å². The molecule has 20 heavy (non-hydrogen) atoms. The van der Waals surface area contributed by atoms with Crippen LogP contribution in [0.5, 0.6) is 0 Å². The van der Waals surface area contributed by atoms with E-state index in [4.69, 9.17) is 9.47 Å². The average Bonchev–Trinajstić information content (AvgIpc) is 2.43. The highest BCUT2D eigenvalue weighted by atomic mass is 16.7. The Balaban J connectivity index is 3.45. The molecular formula is C15H32N2O3. The Labute approximate surface area is 123 Å². The number of rotatable bonds is 13. The highest BCUT2D eigenvalue weighted by molar-refractivity contribution is 5.73. The lowest BCUT2D eigenvalue weighted by atomic mass is 10.2. The monoisotopic (exact) mass is 288 g/mol. The fourth-order valence-corrected chi connectivity index (χ4v) is 1.87. The van der Waals surface area contributed by atoms with E-state index in [1.165, 1.54) is 19.3 Å². The fourth-order valence-electron chi connectivity index (χ4n) is 1.87. The third-order valence-corrected chi connectivity index (χ3v) is 2.92. The lowest BCUT2D eigenvalue weighted by Crippen LogP contribution is -2.36. The van der Waals surface area contributed by atoms with Gasteiger partial charge in [-0.05, 0) is 26.7 Å². The minimum atomic E-state index is -0.149. The van der Waals surface area contributed by atoms with Crippen LogP contribution in [-0.4, -0.2) is 38.6 Å². The Morgan fingerprint density at radius 2 is 1.50 bits per heavy atom. The number of hydrogen-bond donors (Lipinski definition) is 2. The maximum atomic E-state index is 11.5. The molecular weight excluding hydrogens is 256 g/mol. The summed E-state index contributed by atoms with van der Waals surface area (Å²) in [6.07, 6.45) is 6.20. The van der Waals surface area contributed by atoms with E-state index in [1.54, 1.807) is 0 Å². The van der Waals surface area contributed by atoms with E-state index in [9.17, 15) is 4.79 Å². The first kappa shape index (κ1) is 19.2. The van der Waals surface area contributed by atoms with Crippen molar-refractivity contribution in [1.29, 1.82) is 0 Å². The molecule has 5 nitrogen and oxygen atoms in total. The van der Waals surface area contributed by atoms with E-state index in [2.05, 4.69) is 17.6 Å². The van der Waals surface area contributed by atoms with Crippen molar-refractivity contribution in [3.8, 4) is 0 Å². The van der Waals surface area contributed by atoms with Crippen molar-refractivity contribution < 1.29 is 14.3 Å². The summed E-state index contributed by atoms with van der Waals surface area (Å²) in [6.45, 7) is 8.79. The van der Waals surface area contributed by atoms with Gasteiger partial charge in [0.05, 0.1) is 0 Å². The molecule has 2 N–H and O–H groups in total. The lowest BCUT2D eigenvalue weighted by Gasteiger charge is -2.16. The molecule has 0 heterocycles. The van der Waals surface area contributed by atoms with Crippen LogP contribution in [0.25, 0.3) is 0 Å². The second-order valence-electron chi connectivity index (χ2n) is 4.73. The predicted octanol–water partition coefficient (Wildman–Crippen LogP) is 3.05. The van der Waals surface area contributed by atoms with Crippen LogP contribution >= 0.6 is 0 Å². The molecule has 0 saturated carbocycles. The molecule has 0 aliphatic rings. The Morgan fingerprint density at radius 1 is 0.900 bits per heavy atom. The van der Waals surface area contributed by atoms with Gasteiger partial charge in [-0.1, -0.05) is 26.2 Å². The maximum absolute atomic E-state index is 11.5. The van der Waals surface area contributed by atoms with Crippen molar-refractivity contribution in [2.75, 3.05) is 26.3 Å². The van der Waals surface area contributed by atoms with Crippen molar-refractivity contribution in [1.82, 2.24) is 10.6 Å². The first-order valence-corrected chi connectivity index (χ1v) is 7.99. The van der Waals surface area contributed by atoms with Crippen molar-refractivity contribution in [2.45, 2.75) is 65.6 Å². The van der Waals surface area contributed by atoms with Crippen molar-refractivity contribution >= 4 is 6.03 Å². The number of nitrogens with one attached hydrogen (secondary N) is 2. The first-order valence-electron chi connectivity index (χ1n) is 7.99. The van der Waals surface area contributed by atoms with Crippen molar-refractivity contribution in [3.63, 3.8) is 0 Å². The molecule has 0 aromatic rings. The smallest absolute Gasteiger partial charge is 0.314 e. The summed E-state index contributed by atoms with van der Waals surface area (Å²) < 4.78 is 10.9. The summed E-state index contributed by atoms with van der Waals surface area (Å²) in [4.78, 5) is 11.5. The third kappa shape index (κ3) is 12.2. The zero-order valence-corrected chi connectivity index (χ0v) is 13.4. The van der Waals surface area contributed by atoms with E-state index >= 15 is 0 Å². The molecule has 0 saturated heterocycles. The zero-order chi connectivity index (χ0) is 15.1. The Morgan fingerprint density at radius 3 is 2.05 bits per heavy atom. The quantitative estimate of drug-likeness (QED) is 0.404. The minimum absolute atomic E-state index is 0.0779. The van der Waals surface area contributed by atoms with Crippen LogP contribution in [-0.2, 0) is 9.47 Å². The maximum Gasteiger partial charge on any atom is 0.314 e. The second-order valence-corrected chi connectivity index (χ2v) is 4.73. The minimum Gasteiger partial charge on any atom is -0.353 e. The molecule has 0 aromatic heterocycles. The number of carbonyl (C=O) groups is 1. The Bertz CT molecular complexity index is 219. The highest BCUT2D eigenvalue weighted by Crippen LogP contribution is 2.03. The fraction of sp³-hybridized carbons (Fsp3) is 0.933. The highest BCUT2D eigenvalue weighted by Gasteiger charge is 2.07. The molecule has 0 fully saturated rings. The van der Waals surface area contributed by atoms with E-state index < -0.39 is 0 Å². The summed E-state index contributed by atoms with van der Waals surface area (Å²) in [5.74, 6) is 0. The number of carbonyl (C=O) groups excluding carboxylic acids is 1. The average molecular weight is 288 g/mol. The van der Waals surface area contributed by atoms with Gasteiger partial charge in [0.25, 0.3) is 0 Å². The van der Waals surface area contributed by atoms with Gasteiger partial charge in [-0.2, -0.15) is 0 Å². The van der Waals surface area contributed by atoms with Gasteiger partial charge in [-0.25, -0.2) is 4.79 Å². The number of unbranched alkanes of at least 4 members (excludes halogenated alkanes) is 3. The molecule has 0 aliphatic carbocycles.